The summed E-state index contributed by atoms with van der Waals surface area (Å²) in [5.41, 5.74) is 0. The molecule has 0 bridgehead atoms. The molecule has 2 amide bonds. The maximum atomic E-state index is 11.9. The molecule has 1 saturated carbocycles. The largest absolute Gasteiger partial charge is 0.480 e. The zero-order valence-electron chi connectivity index (χ0n) is 10.9. The van der Waals surface area contributed by atoms with Gasteiger partial charge in [0.15, 0.2) is 0 Å². The Balaban J connectivity index is 1.75. The van der Waals surface area contributed by atoms with Crippen LogP contribution in [0.2, 0.25) is 0 Å². The van der Waals surface area contributed by atoms with Gasteiger partial charge in [-0.1, -0.05) is 6.92 Å². The molecule has 2 aliphatic rings. The van der Waals surface area contributed by atoms with E-state index in [2.05, 4.69) is 12.2 Å². The number of urea groups is 1. The Morgan fingerprint density at radius 2 is 1.83 bits per heavy atom. The lowest BCUT2D eigenvalue weighted by Crippen LogP contribution is -2.55. The molecule has 2 fully saturated rings. The predicted octanol–water partition coefficient (Wildman–Crippen LogP) is 0.195. The quantitative estimate of drug-likeness (QED) is 0.755. The fraction of sp³-hybridized carbons (Fsp3) is 0.833. The third kappa shape index (κ3) is 2.93. The summed E-state index contributed by atoms with van der Waals surface area (Å²) in [6, 6.07) is -0.140. The smallest absolute Gasteiger partial charge is 0.320 e. The van der Waals surface area contributed by atoms with Crippen molar-refractivity contribution in [2.75, 3.05) is 26.2 Å². The molecule has 1 aliphatic carbocycles. The van der Waals surface area contributed by atoms with Crippen LogP contribution in [-0.4, -0.2) is 65.2 Å². The second-order valence-corrected chi connectivity index (χ2v) is 5.31. The number of carboxylic acids is 1. The fourth-order valence-corrected chi connectivity index (χ4v) is 2.24. The van der Waals surface area contributed by atoms with Crippen LogP contribution in [0.1, 0.15) is 20.3 Å². The number of nitrogens with zero attached hydrogens (tertiary/aromatic N) is 2. The molecule has 2 rings (SSSR count). The summed E-state index contributed by atoms with van der Waals surface area (Å²) in [5.74, 6) is -0.207. The molecule has 0 aromatic rings. The first-order valence-electron chi connectivity index (χ1n) is 6.51. The molecule has 18 heavy (non-hydrogen) atoms. The number of piperazine rings is 1. The van der Waals surface area contributed by atoms with Gasteiger partial charge in [0.05, 0.1) is 0 Å². The lowest BCUT2D eigenvalue weighted by atomic mass is 10.2. The molecule has 0 spiro atoms. The summed E-state index contributed by atoms with van der Waals surface area (Å²) in [6.45, 7) is 6.26. The lowest BCUT2D eigenvalue weighted by Gasteiger charge is -2.36. The summed E-state index contributed by atoms with van der Waals surface area (Å²) in [4.78, 5) is 26.4. The van der Waals surface area contributed by atoms with Crippen molar-refractivity contribution in [1.29, 1.82) is 0 Å². The Bertz CT molecular complexity index is 339. The topological polar surface area (TPSA) is 72.9 Å². The number of hydrogen-bond acceptors (Lipinski definition) is 3. The number of amides is 2. The van der Waals surface area contributed by atoms with Crippen molar-refractivity contribution < 1.29 is 14.7 Å². The summed E-state index contributed by atoms with van der Waals surface area (Å²) in [6.07, 6.45) is 1.07. The van der Waals surface area contributed by atoms with Gasteiger partial charge in [0.1, 0.15) is 6.04 Å². The average Bonchev–Trinajstić information content (AvgIpc) is 3.04. The predicted molar refractivity (Wildman–Crippen MR) is 66.3 cm³/mol. The van der Waals surface area contributed by atoms with Gasteiger partial charge in [-0.2, -0.15) is 0 Å². The number of carbonyl (C=O) groups is 2. The van der Waals surface area contributed by atoms with Gasteiger partial charge in [-0.3, -0.25) is 9.69 Å². The molecule has 2 N–H and O–H groups in total. The third-order valence-corrected chi connectivity index (χ3v) is 3.92. The van der Waals surface area contributed by atoms with E-state index in [0.29, 0.717) is 38.1 Å². The summed E-state index contributed by atoms with van der Waals surface area (Å²) in [7, 11) is 0. The standard InChI is InChI=1S/C12H21N3O3/c1-8-7-10(8)13-12(18)15-5-3-14(4-6-15)9(2)11(16)17/h8-10H,3-7H2,1-2H3,(H,13,18)(H,16,17). The van der Waals surface area contributed by atoms with Gasteiger partial charge in [0.2, 0.25) is 0 Å². The molecular formula is C12H21N3O3. The normalized spacial score (nSPS) is 29.8. The summed E-state index contributed by atoms with van der Waals surface area (Å²) < 4.78 is 0. The molecule has 1 saturated heterocycles. The van der Waals surface area contributed by atoms with E-state index in [-0.39, 0.29) is 6.03 Å². The van der Waals surface area contributed by atoms with E-state index in [0.717, 1.165) is 6.42 Å². The van der Waals surface area contributed by atoms with E-state index < -0.39 is 12.0 Å². The van der Waals surface area contributed by atoms with Crippen molar-refractivity contribution in [3.8, 4) is 0 Å². The Morgan fingerprint density at radius 1 is 1.28 bits per heavy atom. The molecule has 0 aromatic carbocycles. The van der Waals surface area contributed by atoms with Crippen LogP contribution in [0.4, 0.5) is 4.79 Å². The van der Waals surface area contributed by atoms with E-state index in [4.69, 9.17) is 5.11 Å². The van der Waals surface area contributed by atoms with Crippen LogP contribution in [0.5, 0.6) is 0 Å². The molecule has 0 radical (unpaired) electrons. The maximum Gasteiger partial charge on any atom is 0.320 e. The van der Waals surface area contributed by atoms with E-state index in [1.165, 1.54) is 0 Å². The highest BCUT2D eigenvalue weighted by Gasteiger charge is 2.35. The van der Waals surface area contributed by atoms with Gasteiger partial charge in [-0.25, -0.2) is 4.79 Å². The van der Waals surface area contributed by atoms with Crippen molar-refractivity contribution in [3.63, 3.8) is 0 Å². The number of hydrogen-bond donors (Lipinski definition) is 2. The molecule has 6 nitrogen and oxygen atoms in total. The number of nitrogens with one attached hydrogen (secondary N) is 1. The Morgan fingerprint density at radius 3 is 2.28 bits per heavy atom. The van der Waals surface area contributed by atoms with Gasteiger partial charge in [-0.15, -0.1) is 0 Å². The first-order valence-corrected chi connectivity index (χ1v) is 6.51. The van der Waals surface area contributed by atoms with Crippen LogP contribution in [0.3, 0.4) is 0 Å². The van der Waals surface area contributed by atoms with Gasteiger partial charge < -0.3 is 15.3 Å². The van der Waals surface area contributed by atoms with Crippen LogP contribution in [-0.2, 0) is 4.79 Å². The minimum absolute atomic E-state index is 0.00743. The number of carbonyl (C=O) groups excluding carboxylic acids is 1. The lowest BCUT2D eigenvalue weighted by molar-refractivity contribution is -0.143. The number of rotatable bonds is 3. The van der Waals surface area contributed by atoms with Gasteiger partial charge >= 0.3 is 12.0 Å². The van der Waals surface area contributed by atoms with Crippen molar-refractivity contribution in [3.05, 3.63) is 0 Å². The van der Waals surface area contributed by atoms with Crippen LogP contribution < -0.4 is 5.32 Å². The highest BCUT2D eigenvalue weighted by molar-refractivity contribution is 5.75. The summed E-state index contributed by atoms with van der Waals surface area (Å²) in [5, 5.41) is 11.9. The summed E-state index contributed by atoms with van der Waals surface area (Å²) >= 11 is 0. The molecule has 6 heteroatoms. The average molecular weight is 255 g/mol. The second kappa shape index (κ2) is 5.14. The third-order valence-electron chi connectivity index (χ3n) is 3.92. The van der Waals surface area contributed by atoms with E-state index >= 15 is 0 Å². The Labute approximate surface area is 107 Å². The first-order chi connectivity index (χ1) is 8.49. The maximum absolute atomic E-state index is 11.9. The number of carboxylic acid groups (broad SMARTS) is 1. The van der Waals surface area contributed by atoms with Crippen molar-refractivity contribution in [1.82, 2.24) is 15.1 Å². The monoisotopic (exact) mass is 255 g/mol. The first kappa shape index (κ1) is 13.1. The molecular weight excluding hydrogens is 234 g/mol. The SMILES string of the molecule is CC1CC1NC(=O)N1CCN(C(C)C(=O)O)CC1. The Kier molecular flexibility index (Phi) is 3.75. The van der Waals surface area contributed by atoms with Crippen molar-refractivity contribution >= 4 is 12.0 Å². The van der Waals surface area contributed by atoms with Gasteiger partial charge in [-0.05, 0) is 19.3 Å². The molecule has 102 valence electrons. The fourth-order valence-electron chi connectivity index (χ4n) is 2.24. The highest BCUT2D eigenvalue weighted by atomic mass is 16.4. The van der Waals surface area contributed by atoms with E-state index in [9.17, 15) is 9.59 Å². The van der Waals surface area contributed by atoms with Crippen molar-refractivity contribution in [2.24, 2.45) is 5.92 Å². The number of aliphatic carboxylic acids is 1. The van der Waals surface area contributed by atoms with Gasteiger partial charge in [0, 0.05) is 32.2 Å². The van der Waals surface area contributed by atoms with E-state index in [1.54, 1.807) is 11.8 Å². The zero-order valence-corrected chi connectivity index (χ0v) is 10.9. The van der Waals surface area contributed by atoms with E-state index in [1.807, 2.05) is 4.90 Å². The zero-order chi connectivity index (χ0) is 13.3. The molecule has 1 aliphatic heterocycles. The Hall–Kier alpha value is -1.30. The molecule has 0 aromatic heterocycles. The molecule has 3 unspecified atom stereocenters. The van der Waals surface area contributed by atoms with Crippen LogP contribution in [0.15, 0.2) is 0 Å². The highest BCUT2D eigenvalue weighted by Crippen LogP contribution is 2.29. The van der Waals surface area contributed by atoms with Crippen LogP contribution >= 0.6 is 0 Å². The molecule has 3 atom stereocenters. The van der Waals surface area contributed by atoms with Crippen molar-refractivity contribution in [2.45, 2.75) is 32.4 Å². The minimum Gasteiger partial charge on any atom is -0.480 e. The van der Waals surface area contributed by atoms with Crippen LogP contribution in [0.25, 0.3) is 0 Å². The van der Waals surface area contributed by atoms with Crippen LogP contribution in [0, 0.1) is 5.92 Å². The minimum atomic E-state index is -0.806. The van der Waals surface area contributed by atoms with Gasteiger partial charge in [0.25, 0.3) is 0 Å². The molecule has 1 heterocycles. The second-order valence-electron chi connectivity index (χ2n) is 5.31.